The van der Waals surface area contributed by atoms with Crippen molar-refractivity contribution in [2.45, 2.75) is 0 Å². The van der Waals surface area contributed by atoms with Gasteiger partial charge in [0.05, 0.1) is 17.1 Å². The molecule has 0 aliphatic rings. The maximum atomic E-state index is 13.5. The van der Waals surface area contributed by atoms with Crippen LogP contribution in [0.25, 0.3) is 0 Å². The second-order valence-corrected chi connectivity index (χ2v) is 5.09. The SMILES string of the molecule is COc1ccc(Cl)cc1C(=O)c1ccc(Br)c(F)c1. The zero-order valence-corrected chi connectivity index (χ0v) is 12.3. The molecule has 0 fully saturated rings. The first-order valence-electron chi connectivity index (χ1n) is 5.36. The number of hydrogen-bond donors (Lipinski definition) is 0. The van der Waals surface area contributed by atoms with Crippen molar-refractivity contribution in [2.75, 3.05) is 7.11 Å². The van der Waals surface area contributed by atoms with E-state index in [0.29, 0.717) is 20.8 Å². The third kappa shape index (κ3) is 2.96. The van der Waals surface area contributed by atoms with Gasteiger partial charge in [-0.25, -0.2) is 4.39 Å². The van der Waals surface area contributed by atoms with Crippen molar-refractivity contribution in [3.63, 3.8) is 0 Å². The lowest BCUT2D eigenvalue weighted by Gasteiger charge is -2.08. The summed E-state index contributed by atoms with van der Waals surface area (Å²) >= 11 is 8.91. The first-order valence-corrected chi connectivity index (χ1v) is 6.53. The van der Waals surface area contributed by atoms with Gasteiger partial charge in [0.2, 0.25) is 0 Å². The summed E-state index contributed by atoms with van der Waals surface area (Å²) in [5, 5.41) is 0.418. The Bertz CT molecular complexity index is 643. The molecule has 19 heavy (non-hydrogen) atoms. The van der Waals surface area contributed by atoms with Gasteiger partial charge in [0, 0.05) is 10.6 Å². The highest BCUT2D eigenvalue weighted by atomic mass is 79.9. The lowest BCUT2D eigenvalue weighted by molar-refractivity contribution is 0.103. The Morgan fingerprint density at radius 3 is 2.63 bits per heavy atom. The van der Waals surface area contributed by atoms with Gasteiger partial charge in [-0.15, -0.1) is 0 Å². The van der Waals surface area contributed by atoms with Crippen LogP contribution in [0, 0.1) is 5.82 Å². The van der Waals surface area contributed by atoms with Crippen molar-refractivity contribution < 1.29 is 13.9 Å². The molecule has 0 bridgehead atoms. The van der Waals surface area contributed by atoms with E-state index in [1.54, 1.807) is 12.1 Å². The van der Waals surface area contributed by atoms with Gasteiger partial charge in [-0.1, -0.05) is 11.6 Å². The van der Waals surface area contributed by atoms with Crippen LogP contribution < -0.4 is 4.74 Å². The van der Waals surface area contributed by atoms with Gasteiger partial charge in [-0.05, 0) is 52.3 Å². The Balaban J connectivity index is 2.49. The van der Waals surface area contributed by atoms with Crippen LogP contribution in [0.15, 0.2) is 40.9 Å². The monoisotopic (exact) mass is 342 g/mol. The molecular weight excluding hydrogens is 335 g/mol. The average molecular weight is 344 g/mol. The average Bonchev–Trinajstić information content (AvgIpc) is 2.41. The molecule has 0 spiro atoms. The standard InChI is InChI=1S/C14H9BrClFO2/c1-19-13-5-3-9(16)7-10(13)14(18)8-2-4-11(15)12(17)6-8/h2-7H,1H3. The molecule has 0 unspecified atom stereocenters. The lowest BCUT2D eigenvalue weighted by Crippen LogP contribution is -2.04. The summed E-state index contributed by atoms with van der Waals surface area (Å²) in [4.78, 5) is 12.3. The van der Waals surface area contributed by atoms with E-state index in [0.717, 1.165) is 0 Å². The van der Waals surface area contributed by atoms with Crippen LogP contribution >= 0.6 is 27.5 Å². The molecule has 0 heterocycles. The molecule has 2 aromatic rings. The van der Waals surface area contributed by atoms with Gasteiger partial charge < -0.3 is 4.74 Å². The number of ketones is 1. The molecule has 5 heteroatoms. The minimum atomic E-state index is -0.494. The van der Waals surface area contributed by atoms with Gasteiger partial charge in [0.1, 0.15) is 11.6 Å². The highest BCUT2D eigenvalue weighted by Gasteiger charge is 2.16. The van der Waals surface area contributed by atoms with Gasteiger partial charge >= 0.3 is 0 Å². The predicted octanol–water partition coefficient (Wildman–Crippen LogP) is 4.48. The molecule has 2 nitrogen and oxygen atoms in total. The molecule has 2 aromatic carbocycles. The summed E-state index contributed by atoms with van der Waals surface area (Å²) < 4.78 is 18.9. The number of benzene rings is 2. The van der Waals surface area contributed by atoms with Crippen molar-refractivity contribution in [2.24, 2.45) is 0 Å². The molecule has 98 valence electrons. The van der Waals surface area contributed by atoms with E-state index in [2.05, 4.69) is 15.9 Å². The van der Waals surface area contributed by atoms with Crippen LogP contribution in [-0.2, 0) is 0 Å². The van der Waals surface area contributed by atoms with Gasteiger partial charge in [-0.3, -0.25) is 4.79 Å². The normalized spacial score (nSPS) is 10.3. The quantitative estimate of drug-likeness (QED) is 0.768. The number of methoxy groups -OCH3 is 1. The van der Waals surface area contributed by atoms with Crippen molar-refractivity contribution in [1.82, 2.24) is 0 Å². The molecule has 0 aliphatic carbocycles. The summed E-state index contributed by atoms with van der Waals surface area (Å²) in [5.41, 5.74) is 0.540. The number of halogens is 3. The molecule has 0 N–H and O–H groups in total. The topological polar surface area (TPSA) is 26.3 Å². The van der Waals surface area contributed by atoms with E-state index >= 15 is 0 Å². The van der Waals surface area contributed by atoms with Crippen molar-refractivity contribution >= 4 is 33.3 Å². The number of carbonyl (C=O) groups is 1. The van der Waals surface area contributed by atoms with E-state index in [-0.39, 0.29) is 11.3 Å². The summed E-state index contributed by atoms with van der Waals surface area (Å²) in [6, 6.07) is 8.93. The fourth-order valence-electron chi connectivity index (χ4n) is 1.65. The van der Waals surface area contributed by atoms with Crippen LogP contribution in [0.3, 0.4) is 0 Å². The number of rotatable bonds is 3. The number of ether oxygens (including phenoxy) is 1. The zero-order chi connectivity index (χ0) is 14.0. The van der Waals surface area contributed by atoms with Crippen LogP contribution in [0.4, 0.5) is 4.39 Å². The van der Waals surface area contributed by atoms with Crippen LogP contribution in [0.2, 0.25) is 5.02 Å². The van der Waals surface area contributed by atoms with Gasteiger partial charge in [0.25, 0.3) is 0 Å². The van der Waals surface area contributed by atoms with Crippen molar-refractivity contribution in [1.29, 1.82) is 0 Å². The van der Waals surface area contributed by atoms with Crippen molar-refractivity contribution in [3.05, 3.63) is 62.8 Å². The van der Waals surface area contributed by atoms with E-state index in [1.165, 1.54) is 31.4 Å². The summed E-state index contributed by atoms with van der Waals surface area (Å²) in [7, 11) is 1.46. The maximum Gasteiger partial charge on any atom is 0.196 e. The Labute approximate surface area is 123 Å². The summed E-state index contributed by atoms with van der Waals surface area (Å²) in [6.07, 6.45) is 0. The van der Waals surface area contributed by atoms with E-state index in [1.807, 2.05) is 0 Å². The molecule has 0 saturated carbocycles. The Morgan fingerprint density at radius 2 is 2.00 bits per heavy atom. The molecule has 0 amide bonds. The van der Waals surface area contributed by atoms with Crippen LogP contribution in [0.1, 0.15) is 15.9 Å². The molecule has 0 saturated heterocycles. The first kappa shape index (κ1) is 14.0. The van der Waals surface area contributed by atoms with Gasteiger partial charge in [0.15, 0.2) is 5.78 Å². The molecule has 0 atom stereocenters. The highest BCUT2D eigenvalue weighted by molar-refractivity contribution is 9.10. The van der Waals surface area contributed by atoms with Crippen LogP contribution in [0.5, 0.6) is 5.75 Å². The van der Waals surface area contributed by atoms with Crippen molar-refractivity contribution in [3.8, 4) is 5.75 Å². The fourth-order valence-corrected chi connectivity index (χ4v) is 2.07. The maximum absolute atomic E-state index is 13.5. The largest absolute Gasteiger partial charge is 0.496 e. The molecule has 0 aliphatic heterocycles. The number of carbonyl (C=O) groups excluding carboxylic acids is 1. The smallest absolute Gasteiger partial charge is 0.196 e. The summed E-state index contributed by atoms with van der Waals surface area (Å²) in [5.74, 6) is -0.435. The van der Waals surface area contributed by atoms with E-state index in [9.17, 15) is 9.18 Å². The minimum Gasteiger partial charge on any atom is -0.496 e. The number of hydrogen-bond acceptors (Lipinski definition) is 2. The molecule has 0 radical (unpaired) electrons. The Kier molecular flexibility index (Phi) is 4.22. The summed E-state index contributed by atoms with van der Waals surface area (Å²) in [6.45, 7) is 0. The molecule has 2 rings (SSSR count). The Morgan fingerprint density at radius 1 is 1.26 bits per heavy atom. The highest BCUT2D eigenvalue weighted by Crippen LogP contribution is 2.26. The Hall–Kier alpha value is -1.39. The second kappa shape index (κ2) is 5.72. The van der Waals surface area contributed by atoms with Gasteiger partial charge in [-0.2, -0.15) is 0 Å². The third-order valence-electron chi connectivity index (χ3n) is 2.59. The first-order chi connectivity index (χ1) is 9.02. The predicted molar refractivity (Wildman–Crippen MR) is 75.5 cm³/mol. The zero-order valence-electron chi connectivity index (χ0n) is 9.91. The minimum absolute atomic E-state index is 0.237. The van der Waals surface area contributed by atoms with E-state index < -0.39 is 5.82 Å². The lowest BCUT2D eigenvalue weighted by atomic mass is 10.0. The molecule has 0 aromatic heterocycles. The van der Waals surface area contributed by atoms with Crippen LogP contribution in [-0.4, -0.2) is 12.9 Å². The third-order valence-corrected chi connectivity index (χ3v) is 3.47. The van der Waals surface area contributed by atoms with E-state index in [4.69, 9.17) is 16.3 Å². The molecular formula is C14H9BrClFO2. The second-order valence-electron chi connectivity index (χ2n) is 3.80. The fraction of sp³-hybridized carbons (Fsp3) is 0.0714.